The molecule has 24 heavy (non-hydrogen) atoms. The number of amides is 1. The highest BCUT2D eigenvalue weighted by Crippen LogP contribution is 2.69. The van der Waals surface area contributed by atoms with E-state index in [0.717, 1.165) is 23.3 Å². The van der Waals surface area contributed by atoms with Crippen molar-refractivity contribution in [2.24, 2.45) is 29.1 Å². The zero-order chi connectivity index (χ0) is 16.1. The van der Waals surface area contributed by atoms with E-state index in [1.54, 1.807) is 0 Å². The molecule has 4 aliphatic carbocycles. The molecule has 4 fully saturated rings. The molecule has 0 saturated heterocycles. The van der Waals surface area contributed by atoms with Gasteiger partial charge in [-0.25, -0.2) is 4.79 Å². The Morgan fingerprint density at radius 1 is 1.08 bits per heavy atom. The number of carbonyl (C=O) groups excluding carboxylic acids is 1. The van der Waals surface area contributed by atoms with E-state index in [-0.39, 0.29) is 6.09 Å². The lowest BCUT2D eigenvalue weighted by molar-refractivity contribution is 0.0356. The molecular weight excluding hydrogens is 298 g/mol. The topological polar surface area (TPSA) is 38.3 Å². The monoisotopic (exact) mass is 325 g/mol. The third kappa shape index (κ3) is 2.13. The molecule has 1 aromatic rings. The summed E-state index contributed by atoms with van der Waals surface area (Å²) in [6, 6.07) is 10.3. The number of fused-ring (bicyclic) bond motifs is 6. The van der Waals surface area contributed by atoms with Gasteiger partial charge in [-0.2, -0.15) is 0 Å². The van der Waals surface area contributed by atoms with Gasteiger partial charge >= 0.3 is 6.09 Å². The van der Waals surface area contributed by atoms with E-state index in [4.69, 9.17) is 4.74 Å². The summed E-state index contributed by atoms with van der Waals surface area (Å²) in [6.45, 7) is 0.368. The van der Waals surface area contributed by atoms with Crippen LogP contribution in [-0.4, -0.2) is 12.1 Å². The van der Waals surface area contributed by atoms with Crippen molar-refractivity contribution in [3.63, 3.8) is 0 Å². The summed E-state index contributed by atoms with van der Waals surface area (Å²) in [5.41, 5.74) is 1.47. The highest BCUT2D eigenvalue weighted by molar-refractivity contribution is 5.68. The maximum absolute atomic E-state index is 12.5. The number of nitrogens with one attached hydrogen (secondary N) is 1. The second kappa shape index (κ2) is 5.50. The van der Waals surface area contributed by atoms with Gasteiger partial charge in [-0.1, -0.05) is 36.8 Å². The zero-order valence-corrected chi connectivity index (χ0v) is 14.2. The van der Waals surface area contributed by atoms with E-state index in [9.17, 15) is 4.79 Å². The number of carbonyl (C=O) groups is 1. The second-order valence-corrected chi connectivity index (χ2v) is 8.65. The highest BCUT2D eigenvalue weighted by atomic mass is 16.5. The molecule has 1 N–H and O–H groups in total. The first-order chi connectivity index (χ1) is 11.8. The molecule has 1 amide bonds. The maximum Gasteiger partial charge on any atom is 0.407 e. The fourth-order valence-corrected chi connectivity index (χ4v) is 6.94. The minimum absolute atomic E-state index is 0.210. The summed E-state index contributed by atoms with van der Waals surface area (Å²) < 4.78 is 5.53. The largest absolute Gasteiger partial charge is 0.445 e. The summed E-state index contributed by atoms with van der Waals surface area (Å²) in [5, 5.41) is 3.34. The van der Waals surface area contributed by atoms with E-state index in [1.165, 1.54) is 44.9 Å². The highest BCUT2D eigenvalue weighted by Gasteiger charge is 2.66. The molecule has 0 aromatic heterocycles. The Balaban J connectivity index is 1.28. The average Bonchev–Trinajstić information content (AvgIpc) is 3.37. The van der Waals surface area contributed by atoms with Gasteiger partial charge in [-0.15, -0.1) is 0 Å². The van der Waals surface area contributed by atoms with Gasteiger partial charge in [0.05, 0.1) is 0 Å². The molecule has 3 nitrogen and oxygen atoms in total. The van der Waals surface area contributed by atoms with E-state index in [0.29, 0.717) is 24.0 Å². The van der Waals surface area contributed by atoms with E-state index in [1.807, 2.05) is 30.3 Å². The van der Waals surface area contributed by atoms with Crippen LogP contribution >= 0.6 is 0 Å². The van der Waals surface area contributed by atoms with Crippen LogP contribution in [0, 0.1) is 29.1 Å². The predicted octanol–water partition coefficient (Wildman–Crippen LogP) is 4.52. The van der Waals surface area contributed by atoms with Gasteiger partial charge in [-0.3, -0.25) is 0 Å². The average molecular weight is 325 g/mol. The first kappa shape index (κ1) is 14.8. The van der Waals surface area contributed by atoms with Crippen molar-refractivity contribution in [2.45, 2.75) is 57.6 Å². The predicted molar refractivity (Wildman–Crippen MR) is 92.3 cm³/mol. The number of benzene rings is 1. The van der Waals surface area contributed by atoms with Gasteiger partial charge < -0.3 is 10.1 Å². The Kier molecular flexibility index (Phi) is 3.39. The number of hydrogen-bond donors (Lipinski definition) is 1. The summed E-state index contributed by atoms with van der Waals surface area (Å²) in [4.78, 5) is 12.5. The van der Waals surface area contributed by atoms with Crippen LogP contribution in [0.1, 0.15) is 50.5 Å². The molecule has 4 unspecified atom stereocenters. The lowest BCUT2D eigenvalue weighted by Gasteiger charge is -2.47. The van der Waals surface area contributed by atoms with Gasteiger partial charge in [0.2, 0.25) is 0 Å². The molecule has 4 saturated carbocycles. The molecule has 1 aromatic carbocycles. The van der Waals surface area contributed by atoms with E-state index >= 15 is 0 Å². The first-order valence-electron chi connectivity index (χ1n) is 9.73. The third-order valence-corrected chi connectivity index (χ3v) is 7.71. The van der Waals surface area contributed by atoms with Gasteiger partial charge in [0, 0.05) is 6.04 Å². The number of rotatable bonds is 3. The van der Waals surface area contributed by atoms with Crippen molar-refractivity contribution in [3.8, 4) is 0 Å². The van der Waals surface area contributed by atoms with E-state index < -0.39 is 0 Å². The van der Waals surface area contributed by atoms with Crippen molar-refractivity contribution < 1.29 is 9.53 Å². The molecule has 6 atom stereocenters. The summed E-state index contributed by atoms with van der Waals surface area (Å²) in [7, 11) is 0. The van der Waals surface area contributed by atoms with Crippen LogP contribution in [-0.2, 0) is 11.3 Å². The molecule has 128 valence electrons. The minimum Gasteiger partial charge on any atom is -0.445 e. The van der Waals surface area contributed by atoms with Crippen molar-refractivity contribution in [1.82, 2.24) is 5.32 Å². The molecular formula is C21H27NO2. The van der Waals surface area contributed by atoms with Crippen molar-refractivity contribution in [3.05, 3.63) is 35.9 Å². The van der Waals surface area contributed by atoms with Crippen molar-refractivity contribution in [1.29, 1.82) is 0 Å². The Morgan fingerprint density at radius 3 is 2.62 bits per heavy atom. The Bertz CT molecular complexity index is 624. The van der Waals surface area contributed by atoms with Gasteiger partial charge in [0.15, 0.2) is 0 Å². The first-order valence-corrected chi connectivity index (χ1v) is 9.73. The van der Waals surface area contributed by atoms with Crippen molar-refractivity contribution >= 4 is 6.09 Å². The van der Waals surface area contributed by atoms with Crippen LogP contribution in [0.15, 0.2) is 30.3 Å². The standard InChI is InChI=1S/C21H27NO2/c23-20(24-13-14-4-2-1-3-5-14)22-19-16-7-9-18(11-16)21(19)12-15-6-8-17(21)10-15/h1-5,15-19H,6-13H2,(H,22,23)/t15?,16?,17?,18-,19+,21?/m0/s1. The summed E-state index contributed by atoms with van der Waals surface area (Å²) in [5.74, 6) is 3.34. The Morgan fingerprint density at radius 2 is 1.88 bits per heavy atom. The Hall–Kier alpha value is -1.51. The van der Waals surface area contributed by atoms with Gasteiger partial charge in [0.1, 0.15) is 6.61 Å². The van der Waals surface area contributed by atoms with Crippen LogP contribution in [0.2, 0.25) is 0 Å². The lowest BCUT2D eigenvalue weighted by Crippen LogP contribution is -2.53. The molecule has 4 bridgehead atoms. The zero-order valence-electron chi connectivity index (χ0n) is 14.2. The normalized spacial score (nSPS) is 41.9. The Labute approximate surface area is 144 Å². The second-order valence-electron chi connectivity index (χ2n) is 8.65. The smallest absolute Gasteiger partial charge is 0.407 e. The number of alkyl carbamates (subject to hydrolysis) is 1. The van der Waals surface area contributed by atoms with Crippen LogP contribution in [0.5, 0.6) is 0 Å². The molecule has 5 rings (SSSR count). The van der Waals surface area contributed by atoms with Crippen LogP contribution in [0.3, 0.4) is 0 Å². The molecule has 4 aliphatic rings. The van der Waals surface area contributed by atoms with Crippen LogP contribution < -0.4 is 5.32 Å². The molecule has 0 heterocycles. The fraction of sp³-hybridized carbons (Fsp3) is 0.667. The maximum atomic E-state index is 12.5. The van der Waals surface area contributed by atoms with Gasteiger partial charge in [0.25, 0.3) is 0 Å². The fourth-order valence-electron chi connectivity index (χ4n) is 6.94. The van der Waals surface area contributed by atoms with Crippen molar-refractivity contribution in [2.75, 3.05) is 0 Å². The number of hydrogen-bond acceptors (Lipinski definition) is 2. The minimum atomic E-state index is -0.210. The van der Waals surface area contributed by atoms with E-state index in [2.05, 4.69) is 5.32 Å². The van der Waals surface area contributed by atoms with Crippen LogP contribution in [0.4, 0.5) is 4.79 Å². The quantitative estimate of drug-likeness (QED) is 0.887. The third-order valence-electron chi connectivity index (χ3n) is 7.71. The molecule has 0 aliphatic heterocycles. The molecule has 3 heteroatoms. The lowest BCUT2D eigenvalue weighted by atomic mass is 9.61. The summed E-state index contributed by atoms with van der Waals surface area (Å²) in [6.07, 6.45) is 9.42. The summed E-state index contributed by atoms with van der Waals surface area (Å²) >= 11 is 0. The van der Waals surface area contributed by atoms with Gasteiger partial charge in [-0.05, 0) is 73.2 Å². The van der Waals surface area contributed by atoms with Crippen LogP contribution in [0.25, 0.3) is 0 Å². The number of ether oxygens (including phenoxy) is 1. The SMILES string of the molecule is O=C(N[C@@H]1C2CC[C@@H](C2)C12CC1CCC2C1)OCc1ccccc1. The molecule has 1 spiro atoms. The molecule has 0 radical (unpaired) electrons.